The maximum absolute atomic E-state index is 12.6. The summed E-state index contributed by atoms with van der Waals surface area (Å²) in [5.41, 5.74) is 0.650. The van der Waals surface area contributed by atoms with E-state index in [1.54, 1.807) is 36.1 Å². The minimum Gasteiger partial charge on any atom is -0.459 e. The predicted molar refractivity (Wildman–Crippen MR) is 79.8 cm³/mol. The van der Waals surface area contributed by atoms with Gasteiger partial charge in [-0.15, -0.1) is 0 Å². The molecule has 0 radical (unpaired) electrons. The van der Waals surface area contributed by atoms with Crippen LogP contribution in [0.25, 0.3) is 0 Å². The van der Waals surface area contributed by atoms with Crippen molar-refractivity contribution in [3.63, 3.8) is 0 Å². The summed E-state index contributed by atoms with van der Waals surface area (Å²) < 4.78 is 4.67. The molecule has 1 saturated heterocycles. The van der Waals surface area contributed by atoms with Crippen LogP contribution in [0.1, 0.15) is 31.4 Å². The van der Waals surface area contributed by atoms with Crippen LogP contribution in [0.5, 0.6) is 0 Å². The van der Waals surface area contributed by atoms with Crippen molar-refractivity contribution in [1.82, 2.24) is 10.2 Å². The number of esters is 1. The fraction of sp³-hybridized carbons (Fsp3) is 0.438. The Hall–Kier alpha value is -2.37. The average molecular weight is 304 g/mol. The summed E-state index contributed by atoms with van der Waals surface area (Å²) in [6.07, 6.45) is 1.91. The minimum atomic E-state index is -0.974. The Morgan fingerprint density at radius 3 is 2.41 bits per heavy atom. The topological polar surface area (TPSA) is 75.7 Å². The van der Waals surface area contributed by atoms with Gasteiger partial charge in [0.15, 0.2) is 0 Å². The largest absolute Gasteiger partial charge is 0.459 e. The Kier molecular flexibility index (Phi) is 5.52. The van der Waals surface area contributed by atoms with E-state index in [-0.39, 0.29) is 12.5 Å². The van der Waals surface area contributed by atoms with Gasteiger partial charge in [-0.2, -0.15) is 0 Å². The Morgan fingerprint density at radius 2 is 1.82 bits per heavy atom. The van der Waals surface area contributed by atoms with E-state index in [1.807, 2.05) is 6.07 Å². The van der Waals surface area contributed by atoms with Crippen LogP contribution < -0.4 is 5.32 Å². The molecule has 0 spiro atoms. The second-order valence-corrected chi connectivity index (χ2v) is 5.07. The zero-order chi connectivity index (χ0) is 15.9. The molecular weight excluding hydrogens is 284 g/mol. The smallest absolute Gasteiger partial charge is 0.396 e. The van der Waals surface area contributed by atoms with Crippen LogP contribution in [0.2, 0.25) is 0 Å². The van der Waals surface area contributed by atoms with Gasteiger partial charge in [0.1, 0.15) is 6.04 Å². The fourth-order valence-electron chi connectivity index (χ4n) is 2.44. The number of nitrogens with one attached hydrogen (secondary N) is 1. The molecule has 1 aliphatic rings. The molecule has 0 aromatic heterocycles. The number of ether oxygens (including phenoxy) is 1. The molecule has 0 bridgehead atoms. The first kappa shape index (κ1) is 16.0. The number of rotatable bonds is 4. The quantitative estimate of drug-likeness (QED) is 0.666. The highest BCUT2D eigenvalue weighted by atomic mass is 16.5. The summed E-state index contributed by atoms with van der Waals surface area (Å²) in [4.78, 5) is 37.7. The number of nitrogens with zero attached hydrogens (tertiary/aromatic N) is 1. The number of carbonyl (C=O) groups is 3. The van der Waals surface area contributed by atoms with E-state index in [4.69, 9.17) is 0 Å². The van der Waals surface area contributed by atoms with Crippen molar-refractivity contribution in [3.8, 4) is 0 Å². The van der Waals surface area contributed by atoms with Crippen molar-refractivity contribution in [2.75, 3.05) is 19.7 Å². The Bertz CT molecular complexity index is 538. The number of likely N-dealkylation sites (tertiary alicyclic amines) is 1. The molecule has 1 aliphatic heterocycles. The molecule has 6 nitrogen and oxygen atoms in total. The van der Waals surface area contributed by atoms with Gasteiger partial charge in [-0.1, -0.05) is 30.3 Å². The van der Waals surface area contributed by atoms with Crippen molar-refractivity contribution in [1.29, 1.82) is 0 Å². The molecule has 1 atom stereocenters. The highest BCUT2D eigenvalue weighted by Gasteiger charge is 2.31. The second-order valence-electron chi connectivity index (χ2n) is 5.07. The zero-order valence-corrected chi connectivity index (χ0v) is 12.6. The highest BCUT2D eigenvalue weighted by Crippen LogP contribution is 2.19. The maximum Gasteiger partial charge on any atom is 0.396 e. The Morgan fingerprint density at radius 1 is 1.18 bits per heavy atom. The molecule has 1 aromatic rings. The van der Waals surface area contributed by atoms with E-state index in [0.717, 1.165) is 12.8 Å². The summed E-state index contributed by atoms with van der Waals surface area (Å²) >= 11 is 0. The van der Waals surface area contributed by atoms with E-state index in [1.165, 1.54) is 0 Å². The molecule has 0 unspecified atom stereocenters. The summed E-state index contributed by atoms with van der Waals surface area (Å²) in [6.45, 7) is 3.09. The van der Waals surface area contributed by atoms with Gasteiger partial charge >= 0.3 is 11.9 Å². The molecule has 0 saturated carbocycles. The molecular formula is C16H20N2O4. The molecule has 6 heteroatoms. The summed E-state index contributed by atoms with van der Waals surface area (Å²) in [6, 6.07) is 8.05. The summed E-state index contributed by atoms with van der Waals surface area (Å²) in [5, 5.41) is 2.49. The van der Waals surface area contributed by atoms with Gasteiger partial charge in [0.2, 0.25) is 5.91 Å². The van der Waals surface area contributed by atoms with Crippen LogP contribution in [0.4, 0.5) is 0 Å². The standard InChI is InChI=1S/C16H20N2O4/c1-2-22-16(21)14(19)17-13(12-8-4-3-5-9-12)15(20)18-10-6-7-11-18/h3-5,8-9,13H,2,6-7,10-11H2,1H3,(H,17,19)/t13-/m0/s1. The fourth-order valence-corrected chi connectivity index (χ4v) is 2.44. The lowest BCUT2D eigenvalue weighted by molar-refractivity contribution is -0.155. The molecule has 1 aromatic carbocycles. The molecule has 1 heterocycles. The Balaban J connectivity index is 2.16. The van der Waals surface area contributed by atoms with Gasteiger partial charge in [0, 0.05) is 13.1 Å². The monoisotopic (exact) mass is 304 g/mol. The minimum absolute atomic E-state index is 0.113. The molecule has 22 heavy (non-hydrogen) atoms. The van der Waals surface area contributed by atoms with Gasteiger partial charge < -0.3 is 15.0 Å². The van der Waals surface area contributed by atoms with Gasteiger partial charge in [0.05, 0.1) is 6.61 Å². The zero-order valence-electron chi connectivity index (χ0n) is 12.6. The van der Waals surface area contributed by atoms with Crippen molar-refractivity contribution in [2.24, 2.45) is 0 Å². The van der Waals surface area contributed by atoms with E-state index in [2.05, 4.69) is 10.1 Å². The lowest BCUT2D eigenvalue weighted by Gasteiger charge is -2.24. The normalized spacial score (nSPS) is 15.2. The number of benzene rings is 1. The second kappa shape index (κ2) is 7.59. The van der Waals surface area contributed by atoms with Gasteiger partial charge in [0.25, 0.3) is 0 Å². The van der Waals surface area contributed by atoms with Gasteiger partial charge in [-0.3, -0.25) is 9.59 Å². The molecule has 2 amide bonds. The van der Waals surface area contributed by atoms with Crippen LogP contribution in [-0.4, -0.2) is 42.4 Å². The lowest BCUT2D eigenvalue weighted by atomic mass is 10.1. The van der Waals surface area contributed by atoms with Crippen LogP contribution in [-0.2, 0) is 19.1 Å². The number of amides is 2. The number of hydrogen-bond donors (Lipinski definition) is 1. The van der Waals surface area contributed by atoms with Crippen molar-refractivity contribution in [3.05, 3.63) is 35.9 Å². The Labute approximate surface area is 129 Å². The van der Waals surface area contributed by atoms with Crippen molar-refractivity contribution < 1.29 is 19.1 Å². The van der Waals surface area contributed by atoms with E-state index in [9.17, 15) is 14.4 Å². The molecule has 118 valence electrons. The molecule has 1 N–H and O–H groups in total. The predicted octanol–water partition coefficient (Wildman–Crippen LogP) is 1.03. The van der Waals surface area contributed by atoms with Crippen molar-refractivity contribution in [2.45, 2.75) is 25.8 Å². The number of carbonyl (C=O) groups excluding carboxylic acids is 3. The summed E-state index contributed by atoms with van der Waals surface area (Å²) in [5.74, 6) is -2.07. The number of hydrogen-bond acceptors (Lipinski definition) is 4. The van der Waals surface area contributed by atoms with Crippen molar-refractivity contribution >= 4 is 17.8 Å². The van der Waals surface area contributed by atoms with E-state index >= 15 is 0 Å². The third kappa shape index (κ3) is 3.84. The SMILES string of the molecule is CCOC(=O)C(=O)N[C@H](C(=O)N1CCCC1)c1ccccc1. The molecule has 0 aliphatic carbocycles. The molecule has 1 fully saturated rings. The maximum atomic E-state index is 12.6. The van der Waals surface area contributed by atoms with Gasteiger partial charge in [-0.25, -0.2) is 4.79 Å². The third-order valence-electron chi connectivity index (χ3n) is 3.53. The molecule has 2 rings (SSSR count). The van der Waals surface area contributed by atoms with Crippen LogP contribution in [0, 0.1) is 0 Å². The average Bonchev–Trinajstić information content (AvgIpc) is 3.07. The van der Waals surface area contributed by atoms with E-state index < -0.39 is 17.9 Å². The first-order chi connectivity index (χ1) is 10.6. The van der Waals surface area contributed by atoms with E-state index in [0.29, 0.717) is 18.7 Å². The van der Waals surface area contributed by atoms with Gasteiger partial charge in [-0.05, 0) is 25.3 Å². The van der Waals surface area contributed by atoms with Crippen LogP contribution in [0.3, 0.4) is 0 Å². The van der Waals surface area contributed by atoms with Crippen LogP contribution >= 0.6 is 0 Å². The highest BCUT2D eigenvalue weighted by molar-refractivity contribution is 6.32. The lowest BCUT2D eigenvalue weighted by Crippen LogP contribution is -2.44. The third-order valence-corrected chi connectivity index (χ3v) is 3.53. The first-order valence-corrected chi connectivity index (χ1v) is 7.45. The van der Waals surface area contributed by atoms with Crippen LogP contribution in [0.15, 0.2) is 30.3 Å². The first-order valence-electron chi connectivity index (χ1n) is 7.45. The summed E-state index contributed by atoms with van der Waals surface area (Å²) in [7, 11) is 0.